The van der Waals surface area contributed by atoms with Crippen LogP contribution in [0.2, 0.25) is 0 Å². The number of amides is 2. The molecular weight excluding hydrogens is 540 g/mol. The molecule has 1 aliphatic rings. The molecule has 0 bridgehead atoms. The Morgan fingerprint density at radius 3 is 2.37 bits per heavy atom. The Bertz CT molecular complexity index is 1780. The van der Waals surface area contributed by atoms with Crippen molar-refractivity contribution in [2.75, 3.05) is 20.3 Å². The molecule has 0 atom stereocenters. The van der Waals surface area contributed by atoms with E-state index in [1.807, 2.05) is 98.9 Å². The van der Waals surface area contributed by atoms with Crippen LogP contribution in [0, 0.1) is 18.3 Å². The molecule has 1 aliphatic heterocycles. The molecule has 8 nitrogen and oxygen atoms in total. The first-order chi connectivity index (χ1) is 20.8. The Kier molecular flexibility index (Phi) is 8.54. The summed E-state index contributed by atoms with van der Waals surface area (Å²) in [7, 11) is 1.60. The molecule has 0 saturated carbocycles. The molecule has 0 N–H and O–H groups in total. The summed E-state index contributed by atoms with van der Waals surface area (Å²) in [5.74, 6) is 0.479. The Morgan fingerprint density at radius 1 is 0.977 bits per heavy atom. The average molecular weight is 573 g/mol. The van der Waals surface area contributed by atoms with Crippen molar-refractivity contribution >= 4 is 17.9 Å². The summed E-state index contributed by atoms with van der Waals surface area (Å²) in [6.07, 6.45) is 4.03. The van der Waals surface area contributed by atoms with Crippen molar-refractivity contribution in [2.24, 2.45) is 0 Å². The van der Waals surface area contributed by atoms with Crippen LogP contribution >= 0.6 is 0 Å². The van der Waals surface area contributed by atoms with Crippen molar-refractivity contribution in [3.63, 3.8) is 0 Å². The number of hydrogen-bond acceptors (Lipinski definition) is 6. The van der Waals surface area contributed by atoms with Gasteiger partial charge in [0.15, 0.2) is 0 Å². The maximum absolute atomic E-state index is 13.9. The Labute approximate surface area is 251 Å². The van der Waals surface area contributed by atoms with Crippen LogP contribution in [-0.2, 0) is 16.0 Å². The first kappa shape index (κ1) is 29.1. The summed E-state index contributed by atoms with van der Waals surface area (Å²) < 4.78 is 12.7. The van der Waals surface area contributed by atoms with E-state index in [9.17, 15) is 14.9 Å². The van der Waals surface area contributed by atoms with E-state index in [1.54, 1.807) is 24.8 Å². The van der Waals surface area contributed by atoms with Gasteiger partial charge in [0.2, 0.25) is 0 Å². The molecule has 216 valence electrons. The molecule has 43 heavy (non-hydrogen) atoms. The quantitative estimate of drug-likeness (QED) is 0.178. The lowest BCUT2D eigenvalue weighted by atomic mass is 9.93. The summed E-state index contributed by atoms with van der Waals surface area (Å²) in [5.41, 5.74) is 5.51. The summed E-state index contributed by atoms with van der Waals surface area (Å²) in [5, 5.41) is 14.8. The minimum absolute atomic E-state index is 0.0468. The van der Waals surface area contributed by atoms with E-state index < -0.39 is 11.8 Å². The van der Waals surface area contributed by atoms with Gasteiger partial charge in [-0.15, -0.1) is 0 Å². The molecule has 0 saturated heterocycles. The zero-order valence-electron chi connectivity index (χ0n) is 24.6. The van der Waals surface area contributed by atoms with Crippen LogP contribution in [0.15, 0.2) is 95.7 Å². The largest absolute Gasteiger partial charge is 0.497 e. The number of carbonyl (C=O) groups is 2. The van der Waals surface area contributed by atoms with Crippen LogP contribution in [0.3, 0.4) is 0 Å². The number of ether oxygens (including phenoxy) is 2. The van der Waals surface area contributed by atoms with Crippen LogP contribution in [0.1, 0.15) is 30.5 Å². The first-order valence-electron chi connectivity index (χ1n) is 14.1. The molecule has 0 unspecified atom stereocenters. The minimum atomic E-state index is -0.585. The van der Waals surface area contributed by atoms with Crippen LogP contribution in [0.5, 0.6) is 11.5 Å². The predicted molar refractivity (Wildman–Crippen MR) is 165 cm³/mol. The molecule has 0 radical (unpaired) electrons. The number of hydrogen-bond donors (Lipinski definition) is 0. The topological polar surface area (TPSA) is 97.4 Å². The maximum atomic E-state index is 13.9. The lowest BCUT2D eigenvalue weighted by Gasteiger charge is -2.27. The molecule has 2 amide bonds. The highest BCUT2D eigenvalue weighted by Gasteiger charge is 2.35. The molecule has 2 heterocycles. The zero-order valence-corrected chi connectivity index (χ0v) is 24.6. The fourth-order valence-corrected chi connectivity index (χ4v) is 5.07. The number of carbonyl (C=O) groups excluding carboxylic acids is 2. The van der Waals surface area contributed by atoms with Crippen LogP contribution in [0.4, 0.5) is 0 Å². The highest BCUT2D eigenvalue weighted by atomic mass is 16.5. The van der Waals surface area contributed by atoms with Gasteiger partial charge in [0.25, 0.3) is 11.8 Å². The van der Waals surface area contributed by atoms with Gasteiger partial charge in [0.1, 0.15) is 23.1 Å². The van der Waals surface area contributed by atoms with Crippen molar-refractivity contribution in [1.29, 1.82) is 5.26 Å². The first-order valence-corrected chi connectivity index (χ1v) is 14.1. The Hall–Kier alpha value is -5.42. The lowest BCUT2D eigenvalue weighted by molar-refractivity contribution is -0.140. The number of aromatic nitrogens is 2. The monoisotopic (exact) mass is 572 g/mol. The van der Waals surface area contributed by atoms with Crippen molar-refractivity contribution in [3.05, 3.63) is 112 Å². The lowest BCUT2D eigenvalue weighted by Crippen LogP contribution is -2.43. The summed E-state index contributed by atoms with van der Waals surface area (Å²) in [4.78, 5) is 28.3. The number of para-hydroxylation sites is 1. The highest BCUT2D eigenvalue weighted by Crippen LogP contribution is 2.33. The molecule has 4 aromatic rings. The van der Waals surface area contributed by atoms with Gasteiger partial charge in [-0.1, -0.05) is 30.3 Å². The standard InChI is InChI=1S/C35H32N4O4/c1-5-43-32-16-13-26(19-23(32)2)33-27(22-39(37-33)28-9-7-6-8-10-28)20-30-24(3)31(21-36)35(41)38(34(30)40)18-17-25-11-14-29(42-4)15-12-25/h6-16,19-20,22H,5,17-18H2,1-4H3/b30-20+. The van der Waals surface area contributed by atoms with Crippen LogP contribution in [-0.4, -0.2) is 46.8 Å². The number of aryl methyl sites for hydroxylation is 1. The van der Waals surface area contributed by atoms with E-state index in [4.69, 9.17) is 14.6 Å². The second-order valence-electron chi connectivity index (χ2n) is 10.2. The molecule has 0 fully saturated rings. The fourth-order valence-electron chi connectivity index (χ4n) is 5.07. The van der Waals surface area contributed by atoms with Gasteiger partial charge in [-0.25, -0.2) is 4.68 Å². The van der Waals surface area contributed by atoms with Crippen molar-refractivity contribution < 1.29 is 19.1 Å². The Balaban J connectivity index is 1.57. The van der Waals surface area contributed by atoms with E-state index in [0.29, 0.717) is 29.9 Å². The van der Waals surface area contributed by atoms with Gasteiger partial charge in [0.05, 0.1) is 25.1 Å². The molecule has 1 aromatic heterocycles. The number of methoxy groups -OCH3 is 1. The summed E-state index contributed by atoms with van der Waals surface area (Å²) >= 11 is 0. The molecular formula is C35H32N4O4. The van der Waals surface area contributed by atoms with E-state index in [1.165, 1.54) is 0 Å². The van der Waals surface area contributed by atoms with E-state index >= 15 is 0 Å². The van der Waals surface area contributed by atoms with E-state index in [2.05, 4.69) is 0 Å². The highest BCUT2D eigenvalue weighted by molar-refractivity contribution is 6.19. The minimum Gasteiger partial charge on any atom is -0.497 e. The molecule has 0 aliphatic carbocycles. The fraction of sp³-hybridized carbons (Fsp3) is 0.200. The van der Waals surface area contributed by atoms with Crippen molar-refractivity contribution in [3.8, 4) is 34.5 Å². The maximum Gasteiger partial charge on any atom is 0.271 e. The van der Waals surface area contributed by atoms with Crippen molar-refractivity contribution in [2.45, 2.75) is 27.2 Å². The second-order valence-corrected chi connectivity index (χ2v) is 10.2. The third-order valence-corrected chi connectivity index (χ3v) is 7.42. The smallest absolute Gasteiger partial charge is 0.271 e. The normalized spacial score (nSPS) is 14.3. The van der Waals surface area contributed by atoms with E-state index in [-0.39, 0.29) is 17.7 Å². The van der Waals surface area contributed by atoms with E-state index in [0.717, 1.165) is 38.8 Å². The number of nitrogens with zero attached hydrogens (tertiary/aromatic N) is 4. The van der Waals surface area contributed by atoms with Crippen LogP contribution < -0.4 is 9.47 Å². The van der Waals surface area contributed by atoms with Gasteiger partial charge in [-0.3, -0.25) is 14.5 Å². The molecule has 5 rings (SSSR count). The molecule has 3 aromatic carbocycles. The third-order valence-electron chi connectivity index (χ3n) is 7.42. The summed E-state index contributed by atoms with van der Waals surface area (Å²) in [6, 6.07) is 25.0. The third kappa shape index (κ3) is 5.97. The van der Waals surface area contributed by atoms with Gasteiger partial charge in [-0.2, -0.15) is 10.4 Å². The average Bonchev–Trinajstić information content (AvgIpc) is 3.45. The van der Waals surface area contributed by atoms with Gasteiger partial charge in [-0.05, 0) is 92.4 Å². The van der Waals surface area contributed by atoms with Crippen molar-refractivity contribution in [1.82, 2.24) is 14.7 Å². The SMILES string of the molecule is CCOc1ccc(-c2nn(-c3ccccc3)cc2/C=C2/C(=O)N(CCc3ccc(OC)cc3)C(=O)C(C#N)=C2C)cc1C. The number of rotatable bonds is 9. The van der Waals surface area contributed by atoms with Gasteiger partial charge in [0, 0.05) is 29.4 Å². The van der Waals surface area contributed by atoms with Gasteiger partial charge < -0.3 is 9.47 Å². The number of imide groups is 1. The second kappa shape index (κ2) is 12.6. The van der Waals surface area contributed by atoms with Crippen LogP contribution in [0.25, 0.3) is 23.0 Å². The Morgan fingerprint density at radius 2 is 1.72 bits per heavy atom. The zero-order chi connectivity index (χ0) is 30.5. The summed E-state index contributed by atoms with van der Waals surface area (Å²) in [6.45, 7) is 6.25. The molecule has 0 spiro atoms. The number of benzene rings is 3. The predicted octanol–water partition coefficient (Wildman–Crippen LogP) is 6.09. The molecule has 8 heteroatoms. The van der Waals surface area contributed by atoms with Gasteiger partial charge >= 0.3 is 0 Å². The number of nitriles is 1.